The zero-order valence-corrected chi connectivity index (χ0v) is 18.7. The molecule has 192 valence electrons. The predicted octanol–water partition coefficient (Wildman–Crippen LogP) is 3.21. The number of alkyl halides is 5. The van der Waals surface area contributed by atoms with E-state index in [9.17, 15) is 41.1 Å². The van der Waals surface area contributed by atoms with Gasteiger partial charge in [0.05, 0.1) is 18.3 Å². The van der Waals surface area contributed by atoms with Gasteiger partial charge in [-0.05, 0) is 18.2 Å². The Morgan fingerprint density at radius 3 is 2.53 bits per heavy atom. The molecule has 0 aliphatic heterocycles. The molecule has 3 aromatic rings. The van der Waals surface area contributed by atoms with Gasteiger partial charge in [0.15, 0.2) is 12.0 Å². The molecule has 0 atom stereocenters. The van der Waals surface area contributed by atoms with Crippen LogP contribution in [0.5, 0.6) is 0 Å². The molecule has 0 aliphatic rings. The van der Waals surface area contributed by atoms with Crippen LogP contribution in [0.2, 0.25) is 5.15 Å². The number of carbonyl (C=O) groups excluding carboxylic acids is 1. The van der Waals surface area contributed by atoms with Gasteiger partial charge in [-0.3, -0.25) is 14.2 Å². The van der Waals surface area contributed by atoms with Gasteiger partial charge in [-0.2, -0.15) is 26.7 Å². The van der Waals surface area contributed by atoms with Gasteiger partial charge in [-0.15, -0.1) is 0 Å². The summed E-state index contributed by atoms with van der Waals surface area (Å²) in [6, 6.07) is 5.67. The maximum atomic E-state index is 14.4. The number of anilines is 1. The SMILES string of the molecule is O=C(Cn1c(Cl)cnc(NCC(F)(F)c2cccc[n+]2[O-])c1=O)NCc1c(F)cccc1C(F)(F)F. The number of nitrogens with zero attached hydrogens (tertiary/aromatic N) is 3. The van der Waals surface area contributed by atoms with Crippen molar-refractivity contribution >= 4 is 23.3 Å². The van der Waals surface area contributed by atoms with E-state index in [0.717, 1.165) is 30.6 Å². The highest BCUT2D eigenvalue weighted by Crippen LogP contribution is 2.33. The van der Waals surface area contributed by atoms with Crippen LogP contribution in [0.15, 0.2) is 53.6 Å². The summed E-state index contributed by atoms with van der Waals surface area (Å²) in [5.41, 5.74) is -4.09. The summed E-state index contributed by atoms with van der Waals surface area (Å²) in [5.74, 6) is -6.56. The van der Waals surface area contributed by atoms with Crippen LogP contribution in [-0.2, 0) is 30.0 Å². The van der Waals surface area contributed by atoms with Gasteiger partial charge in [0.1, 0.15) is 17.5 Å². The van der Waals surface area contributed by atoms with Crippen molar-refractivity contribution in [3.8, 4) is 0 Å². The fraction of sp³-hybridized carbons (Fsp3) is 0.238. The first kappa shape index (κ1) is 26.8. The number of nitrogens with one attached hydrogen (secondary N) is 2. The van der Waals surface area contributed by atoms with Gasteiger partial charge in [0, 0.05) is 24.2 Å². The minimum atomic E-state index is -4.87. The monoisotopic (exact) mass is 535 g/mol. The first-order valence-electron chi connectivity index (χ1n) is 9.98. The minimum absolute atomic E-state index is 0.0423. The lowest BCUT2D eigenvalue weighted by atomic mass is 10.1. The van der Waals surface area contributed by atoms with Crippen molar-refractivity contribution in [1.29, 1.82) is 0 Å². The molecule has 1 amide bonds. The van der Waals surface area contributed by atoms with Crippen molar-refractivity contribution < 1.29 is 35.9 Å². The molecule has 2 N–H and O–H groups in total. The van der Waals surface area contributed by atoms with Crippen LogP contribution >= 0.6 is 11.6 Å². The van der Waals surface area contributed by atoms with E-state index < -0.39 is 71.7 Å². The highest BCUT2D eigenvalue weighted by molar-refractivity contribution is 6.29. The largest absolute Gasteiger partial charge is 0.618 e. The average Bonchev–Trinajstić information content (AvgIpc) is 2.80. The van der Waals surface area contributed by atoms with E-state index in [1.54, 1.807) is 0 Å². The Labute approximate surface area is 203 Å². The van der Waals surface area contributed by atoms with Gasteiger partial charge < -0.3 is 15.8 Å². The van der Waals surface area contributed by atoms with E-state index in [1.165, 1.54) is 12.1 Å². The van der Waals surface area contributed by atoms with E-state index in [2.05, 4.69) is 15.6 Å². The zero-order chi connectivity index (χ0) is 26.7. The molecule has 0 aliphatic carbocycles. The van der Waals surface area contributed by atoms with Crippen molar-refractivity contribution in [2.45, 2.75) is 25.2 Å². The highest BCUT2D eigenvalue weighted by atomic mass is 35.5. The molecule has 2 aromatic heterocycles. The molecule has 0 saturated carbocycles. The molecule has 0 radical (unpaired) electrons. The average molecular weight is 536 g/mol. The van der Waals surface area contributed by atoms with Crippen molar-refractivity contribution in [2.24, 2.45) is 0 Å². The Bertz CT molecular complexity index is 1330. The molecule has 0 fully saturated rings. The summed E-state index contributed by atoms with van der Waals surface area (Å²) in [6.45, 7) is -2.88. The third-order valence-electron chi connectivity index (χ3n) is 4.87. The molecule has 15 heteroatoms. The van der Waals surface area contributed by atoms with E-state index in [1.807, 2.05) is 0 Å². The Morgan fingerprint density at radius 1 is 1.14 bits per heavy atom. The number of rotatable bonds is 8. The number of hydrogen-bond acceptors (Lipinski definition) is 5. The molecule has 3 rings (SSSR count). The first-order valence-corrected chi connectivity index (χ1v) is 10.4. The molecule has 0 spiro atoms. The standard InChI is InChI=1S/C21H16ClF6N5O3/c22-16-9-30-18(31-11-20(24,25)15-6-1-2-7-33(15)36)19(35)32(16)10-17(34)29-8-12-13(21(26,27)28)4-3-5-14(12)23/h1-7,9H,8,10-11H2,(H,29,34)(H,30,31). The normalized spacial score (nSPS) is 11.9. The quantitative estimate of drug-likeness (QED) is 0.262. The second-order valence-corrected chi connectivity index (χ2v) is 7.72. The van der Waals surface area contributed by atoms with E-state index >= 15 is 0 Å². The van der Waals surface area contributed by atoms with Gasteiger partial charge in [0.25, 0.3) is 11.3 Å². The number of amides is 1. The lowest BCUT2D eigenvalue weighted by Gasteiger charge is -2.17. The molecule has 8 nitrogen and oxygen atoms in total. The summed E-state index contributed by atoms with van der Waals surface area (Å²) >= 11 is 5.87. The third-order valence-corrected chi connectivity index (χ3v) is 5.17. The van der Waals surface area contributed by atoms with Crippen LogP contribution in [0, 0.1) is 11.0 Å². The predicted molar refractivity (Wildman–Crippen MR) is 115 cm³/mol. The first-order chi connectivity index (χ1) is 16.8. The number of halogens is 7. The van der Waals surface area contributed by atoms with Crippen LogP contribution in [0.4, 0.5) is 32.2 Å². The second kappa shape index (κ2) is 10.4. The summed E-state index contributed by atoms with van der Waals surface area (Å²) in [5, 5.41) is 15.4. The Morgan fingerprint density at radius 2 is 1.86 bits per heavy atom. The van der Waals surface area contributed by atoms with Crippen molar-refractivity contribution in [2.75, 3.05) is 11.9 Å². The Kier molecular flexibility index (Phi) is 7.77. The number of carbonyl (C=O) groups is 1. The van der Waals surface area contributed by atoms with E-state index in [0.29, 0.717) is 10.6 Å². The van der Waals surface area contributed by atoms with Crippen LogP contribution in [-0.4, -0.2) is 22.0 Å². The van der Waals surface area contributed by atoms with Gasteiger partial charge in [-0.25, -0.2) is 9.37 Å². The molecule has 2 heterocycles. The van der Waals surface area contributed by atoms with E-state index in [4.69, 9.17) is 11.6 Å². The molecule has 0 saturated heterocycles. The number of pyridine rings is 1. The van der Waals surface area contributed by atoms with Crippen LogP contribution in [0.3, 0.4) is 0 Å². The van der Waals surface area contributed by atoms with Crippen molar-refractivity contribution in [3.63, 3.8) is 0 Å². The highest BCUT2D eigenvalue weighted by Gasteiger charge is 2.39. The molecule has 36 heavy (non-hydrogen) atoms. The lowest BCUT2D eigenvalue weighted by Crippen LogP contribution is -2.41. The lowest BCUT2D eigenvalue weighted by molar-refractivity contribution is -0.624. The molecule has 0 unspecified atom stereocenters. The van der Waals surface area contributed by atoms with Crippen LogP contribution in [0.25, 0.3) is 0 Å². The zero-order valence-electron chi connectivity index (χ0n) is 18.0. The summed E-state index contributed by atoms with van der Waals surface area (Å²) in [6.07, 6.45) is -3.12. The summed E-state index contributed by atoms with van der Waals surface area (Å²) < 4.78 is 82.7. The molecular formula is C21H16ClF6N5O3. The topological polar surface area (TPSA) is 103 Å². The maximum absolute atomic E-state index is 14.4. The fourth-order valence-corrected chi connectivity index (χ4v) is 3.31. The number of hydrogen-bond donors (Lipinski definition) is 2. The molecule has 0 bridgehead atoms. The smallest absolute Gasteiger partial charge is 0.416 e. The van der Waals surface area contributed by atoms with Crippen molar-refractivity contribution in [1.82, 2.24) is 14.9 Å². The van der Waals surface area contributed by atoms with Crippen molar-refractivity contribution in [3.05, 3.63) is 92.1 Å². The van der Waals surface area contributed by atoms with E-state index in [-0.39, 0.29) is 9.88 Å². The van der Waals surface area contributed by atoms with Gasteiger partial charge in [-0.1, -0.05) is 17.7 Å². The summed E-state index contributed by atoms with van der Waals surface area (Å²) in [7, 11) is 0. The Hall–Kier alpha value is -3.81. The number of aromatic nitrogens is 3. The minimum Gasteiger partial charge on any atom is -0.618 e. The molecular weight excluding hydrogens is 520 g/mol. The maximum Gasteiger partial charge on any atom is 0.416 e. The van der Waals surface area contributed by atoms with Gasteiger partial charge in [0.2, 0.25) is 5.91 Å². The fourth-order valence-electron chi connectivity index (χ4n) is 3.12. The van der Waals surface area contributed by atoms with Gasteiger partial charge >= 0.3 is 12.1 Å². The van der Waals surface area contributed by atoms with Crippen LogP contribution in [0.1, 0.15) is 16.8 Å². The number of benzene rings is 1. The van der Waals surface area contributed by atoms with Crippen LogP contribution < -0.4 is 20.9 Å². The summed E-state index contributed by atoms with van der Waals surface area (Å²) in [4.78, 5) is 28.5. The second-order valence-electron chi connectivity index (χ2n) is 7.33. The molecule has 1 aromatic carbocycles. The Balaban J connectivity index is 1.73. The third kappa shape index (κ3) is 6.05.